The highest BCUT2D eigenvalue weighted by atomic mass is 16.2. The van der Waals surface area contributed by atoms with Gasteiger partial charge >= 0.3 is 0 Å². The average Bonchev–Trinajstić information content (AvgIpc) is 2.01. The number of hydrogen-bond acceptors (Lipinski definition) is 2. The molecule has 0 aliphatic carbocycles. The molecule has 1 N–H and O–H groups in total. The molecular weight excluding hydrogens is 138 g/mol. The number of hydrogen-bond donors (Lipinski definition) is 1. The van der Waals surface area contributed by atoms with Crippen LogP contribution in [0.3, 0.4) is 0 Å². The van der Waals surface area contributed by atoms with E-state index in [2.05, 4.69) is 6.07 Å². The summed E-state index contributed by atoms with van der Waals surface area (Å²) in [5.41, 5.74) is 0.976. The Kier molecular flexibility index (Phi) is 6.36. The van der Waals surface area contributed by atoms with Crippen LogP contribution in [0.2, 0.25) is 0 Å². The van der Waals surface area contributed by atoms with Crippen LogP contribution >= 0.6 is 0 Å². The van der Waals surface area contributed by atoms with Gasteiger partial charge in [0.25, 0.3) is 0 Å². The van der Waals surface area contributed by atoms with Crippen molar-refractivity contribution in [3.63, 3.8) is 0 Å². The topological polar surface area (TPSA) is 44.0 Å². The number of rotatable bonds is 4. The van der Waals surface area contributed by atoms with E-state index in [9.17, 15) is 0 Å². The molecule has 0 aromatic heterocycles. The summed E-state index contributed by atoms with van der Waals surface area (Å²) < 4.78 is 0. The zero-order valence-corrected chi connectivity index (χ0v) is 6.75. The van der Waals surface area contributed by atoms with E-state index in [0.29, 0.717) is 6.42 Å². The fourth-order valence-electron chi connectivity index (χ4n) is 0.757. The Hall–Kier alpha value is -1.07. The molecule has 0 rings (SSSR count). The molecule has 0 radical (unpaired) electrons. The number of aliphatic hydroxyl groups excluding tert-OH is 1. The Morgan fingerprint density at radius 1 is 1.64 bits per heavy atom. The highest BCUT2D eigenvalue weighted by Crippen LogP contribution is 2.03. The second-order valence-electron chi connectivity index (χ2n) is 2.11. The van der Waals surface area contributed by atoms with Crippen LogP contribution < -0.4 is 0 Å². The van der Waals surface area contributed by atoms with Crippen molar-refractivity contribution < 1.29 is 5.11 Å². The SMILES string of the molecule is CC/C=C(\C=C/CO)CC#N. The van der Waals surface area contributed by atoms with E-state index in [-0.39, 0.29) is 6.61 Å². The lowest BCUT2D eigenvalue weighted by Gasteiger charge is -1.92. The molecule has 0 spiro atoms. The molecule has 0 fully saturated rings. The molecule has 0 saturated carbocycles. The lowest BCUT2D eigenvalue weighted by atomic mass is 10.1. The molecule has 0 aromatic carbocycles. The van der Waals surface area contributed by atoms with E-state index < -0.39 is 0 Å². The van der Waals surface area contributed by atoms with Crippen LogP contribution in [0.4, 0.5) is 0 Å². The van der Waals surface area contributed by atoms with E-state index in [0.717, 1.165) is 12.0 Å². The third kappa shape index (κ3) is 5.38. The Morgan fingerprint density at radius 3 is 2.82 bits per heavy atom. The van der Waals surface area contributed by atoms with Crippen molar-refractivity contribution >= 4 is 0 Å². The number of nitrogens with zero attached hydrogens (tertiary/aromatic N) is 1. The van der Waals surface area contributed by atoms with Crippen LogP contribution in [0.15, 0.2) is 23.8 Å². The molecule has 0 saturated heterocycles. The van der Waals surface area contributed by atoms with Crippen molar-refractivity contribution in [1.82, 2.24) is 0 Å². The monoisotopic (exact) mass is 151 g/mol. The van der Waals surface area contributed by atoms with Gasteiger partial charge in [-0.2, -0.15) is 5.26 Å². The van der Waals surface area contributed by atoms with Crippen molar-refractivity contribution in [2.24, 2.45) is 0 Å². The van der Waals surface area contributed by atoms with Crippen LogP contribution in [0.25, 0.3) is 0 Å². The van der Waals surface area contributed by atoms with Gasteiger partial charge in [0, 0.05) is 0 Å². The fraction of sp³-hybridized carbons (Fsp3) is 0.444. The standard InChI is InChI=1S/C9H13NO/c1-2-4-9(6-7-10)5-3-8-11/h3-5,11H,2,6,8H2,1H3/b5-3-,9-4+. The Morgan fingerprint density at radius 2 is 2.36 bits per heavy atom. The zero-order chi connectivity index (χ0) is 8.53. The smallest absolute Gasteiger partial charge is 0.0669 e. The predicted molar refractivity (Wildman–Crippen MR) is 44.8 cm³/mol. The lowest BCUT2D eigenvalue weighted by Crippen LogP contribution is -1.78. The normalized spacial score (nSPS) is 11.9. The molecule has 0 aliphatic heterocycles. The highest BCUT2D eigenvalue weighted by molar-refractivity contribution is 5.21. The van der Waals surface area contributed by atoms with Crippen molar-refractivity contribution in [1.29, 1.82) is 5.26 Å². The largest absolute Gasteiger partial charge is 0.392 e. The Balaban J connectivity index is 4.02. The van der Waals surface area contributed by atoms with Gasteiger partial charge in [-0.05, 0) is 12.0 Å². The molecule has 0 atom stereocenters. The van der Waals surface area contributed by atoms with Gasteiger partial charge < -0.3 is 5.11 Å². The maximum atomic E-state index is 8.45. The first kappa shape index (κ1) is 9.93. The van der Waals surface area contributed by atoms with Gasteiger partial charge in [0.05, 0.1) is 19.1 Å². The molecule has 0 bridgehead atoms. The predicted octanol–water partition coefficient (Wildman–Crippen LogP) is 1.78. The number of aliphatic hydroxyl groups is 1. The summed E-state index contributed by atoms with van der Waals surface area (Å²) in [5.74, 6) is 0. The van der Waals surface area contributed by atoms with Crippen molar-refractivity contribution in [2.45, 2.75) is 19.8 Å². The van der Waals surface area contributed by atoms with E-state index in [4.69, 9.17) is 10.4 Å². The van der Waals surface area contributed by atoms with Crippen molar-refractivity contribution in [3.05, 3.63) is 23.8 Å². The molecule has 0 heterocycles. The molecule has 0 unspecified atom stereocenters. The molecule has 11 heavy (non-hydrogen) atoms. The Labute approximate surface area is 67.5 Å². The first-order valence-electron chi connectivity index (χ1n) is 3.68. The van der Waals surface area contributed by atoms with E-state index in [1.165, 1.54) is 0 Å². The lowest BCUT2D eigenvalue weighted by molar-refractivity contribution is 0.342. The van der Waals surface area contributed by atoms with Gasteiger partial charge in [-0.25, -0.2) is 0 Å². The molecule has 2 nitrogen and oxygen atoms in total. The molecule has 2 heteroatoms. The van der Waals surface area contributed by atoms with Crippen LogP contribution in [0, 0.1) is 11.3 Å². The van der Waals surface area contributed by atoms with Crippen LogP contribution in [0.1, 0.15) is 19.8 Å². The van der Waals surface area contributed by atoms with Crippen LogP contribution in [0.5, 0.6) is 0 Å². The van der Waals surface area contributed by atoms with Gasteiger partial charge in [0.2, 0.25) is 0 Å². The minimum Gasteiger partial charge on any atom is -0.392 e. The molecule has 0 amide bonds. The van der Waals surface area contributed by atoms with Gasteiger partial charge in [0.15, 0.2) is 0 Å². The molecule has 0 aromatic rings. The van der Waals surface area contributed by atoms with Gasteiger partial charge in [-0.3, -0.25) is 0 Å². The second-order valence-corrected chi connectivity index (χ2v) is 2.11. The summed E-state index contributed by atoms with van der Waals surface area (Å²) >= 11 is 0. The van der Waals surface area contributed by atoms with Crippen LogP contribution in [-0.2, 0) is 0 Å². The second kappa shape index (κ2) is 7.04. The number of allylic oxidation sites excluding steroid dienone is 3. The molecule has 60 valence electrons. The minimum absolute atomic E-state index is 0.0342. The quantitative estimate of drug-likeness (QED) is 0.622. The summed E-state index contributed by atoms with van der Waals surface area (Å²) in [7, 11) is 0. The summed E-state index contributed by atoms with van der Waals surface area (Å²) in [6.07, 6.45) is 6.75. The van der Waals surface area contributed by atoms with E-state index in [1.54, 1.807) is 12.2 Å². The molecule has 0 aliphatic rings. The van der Waals surface area contributed by atoms with Crippen molar-refractivity contribution in [2.75, 3.05) is 6.61 Å². The first-order valence-corrected chi connectivity index (χ1v) is 3.68. The Bertz CT molecular complexity index is 186. The van der Waals surface area contributed by atoms with E-state index in [1.807, 2.05) is 13.0 Å². The fourth-order valence-corrected chi connectivity index (χ4v) is 0.757. The van der Waals surface area contributed by atoms with Gasteiger partial charge in [-0.15, -0.1) is 0 Å². The van der Waals surface area contributed by atoms with Gasteiger partial charge in [-0.1, -0.05) is 25.2 Å². The van der Waals surface area contributed by atoms with Crippen LogP contribution in [-0.4, -0.2) is 11.7 Å². The van der Waals surface area contributed by atoms with Crippen molar-refractivity contribution in [3.8, 4) is 6.07 Å². The average molecular weight is 151 g/mol. The van der Waals surface area contributed by atoms with E-state index >= 15 is 0 Å². The summed E-state index contributed by atoms with van der Waals surface area (Å²) in [6.45, 7) is 2.05. The minimum atomic E-state index is 0.0342. The number of nitriles is 1. The third-order valence-corrected chi connectivity index (χ3v) is 1.19. The third-order valence-electron chi connectivity index (χ3n) is 1.19. The zero-order valence-electron chi connectivity index (χ0n) is 6.75. The maximum Gasteiger partial charge on any atom is 0.0669 e. The maximum absolute atomic E-state index is 8.45. The first-order chi connectivity index (χ1) is 5.35. The molecular formula is C9H13NO. The highest BCUT2D eigenvalue weighted by Gasteiger charge is 1.87. The van der Waals surface area contributed by atoms with Gasteiger partial charge in [0.1, 0.15) is 0 Å². The summed E-state index contributed by atoms with van der Waals surface area (Å²) in [4.78, 5) is 0. The summed E-state index contributed by atoms with van der Waals surface area (Å²) in [6, 6.07) is 2.06. The summed E-state index contributed by atoms with van der Waals surface area (Å²) in [5, 5.41) is 16.8.